The average Bonchev–Trinajstić information content (AvgIpc) is 2.49. The Balaban J connectivity index is 1.96. The number of nitrogen functional groups attached to an aromatic ring is 1. The van der Waals surface area contributed by atoms with Crippen LogP contribution in [0.5, 0.6) is 0 Å². The van der Waals surface area contributed by atoms with Crippen LogP contribution in [0.1, 0.15) is 15.9 Å². The smallest absolute Gasteiger partial charge is 0.253 e. The molecule has 2 aromatic rings. The van der Waals surface area contributed by atoms with Gasteiger partial charge in [0, 0.05) is 11.6 Å². The van der Waals surface area contributed by atoms with Crippen molar-refractivity contribution in [1.82, 2.24) is 5.32 Å². The summed E-state index contributed by atoms with van der Waals surface area (Å²) in [5, 5.41) is 3.40. The minimum atomic E-state index is -0.567. The van der Waals surface area contributed by atoms with Crippen LogP contribution >= 0.6 is 11.6 Å². The van der Waals surface area contributed by atoms with Crippen molar-refractivity contribution < 1.29 is 9.18 Å². The molecular formula is C15H15ClFN3O. The molecular weight excluding hydrogens is 293 g/mol. The topological polar surface area (TPSA) is 67.1 Å². The standard InChI is InChI=1S/C15H15ClFN3O/c16-11-6-4-10(5-7-11)8-9-19-15(21)12-2-1-3-13(17)14(12)20-18/h1-7,20H,8-9,18H2,(H,19,21). The van der Waals surface area contributed by atoms with E-state index in [1.54, 1.807) is 12.1 Å². The fraction of sp³-hybridized carbons (Fsp3) is 0.133. The lowest BCUT2D eigenvalue weighted by Gasteiger charge is -2.10. The predicted octanol–water partition coefficient (Wildman–Crippen LogP) is 2.74. The third-order valence-corrected chi connectivity index (χ3v) is 3.27. The fourth-order valence-electron chi connectivity index (χ4n) is 1.93. The molecule has 0 radical (unpaired) electrons. The Morgan fingerprint density at radius 2 is 1.90 bits per heavy atom. The monoisotopic (exact) mass is 307 g/mol. The van der Waals surface area contributed by atoms with E-state index in [0.717, 1.165) is 5.56 Å². The number of benzene rings is 2. The van der Waals surface area contributed by atoms with Crippen molar-refractivity contribution in [3.05, 3.63) is 64.4 Å². The third kappa shape index (κ3) is 3.93. The van der Waals surface area contributed by atoms with Gasteiger partial charge >= 0.3 is 0 Å². The molecule has 0 fully saturated rings. The zero-order valence-corrected chi connectivity index (χ0v) is 12.0. The number of para-hydroxylation sites is 1. The molecule has 4 nitrogen and oxygen atoms in total. The van der Waals surface area contributed by atoms with Gasteiger partial charge in [0.2, 0.25) is 0 Å². The molecule has 0 bridgehead atoms. The molecule has 2 aromatic carbocycles. The first-order valence-electron chi connectivity index (χ1n) is 6.39. The van der Waals surface area contributed by atoms with E-state index in [1.807, 2.05) is 12.1 Å². The van der Waals surface area contributed by atoms with Crippen molar-refractivity contribution >= 4 is 23.2 Å². The SMILES string of the molecule is NNc1c(F)cccc1C(=O)NCCc1ccc(Cl)cc1. The van der Waals surface area contributed by atoms with Crippen molar-refractivity contribution in [3.8, 4) is 0 Å². The Morgan fingerprint density at radius 3 is 2.57 bits per heavy atom. The highest BCUT2D eigenvalue weighted by molar-refractivity contribution is 6.30. The largest absolute Gasteiger partial charge is 0.352 e. The molecule has 21 heavy (non-hydrogen) atoms. The van der Waals surface area contributed by atoms with Crippen molar-refractivity contribution in [2.75, 3.05) is 12.0 Å². The highest BCUT2D eigenvalue weighted by Gasteiger charge is 2.13. The van der Waals surface area contributed by atoms with E-state index in [1.165, 1.54) is 18.2 Å². The second kappa shape index (κ2) is 7.06. The van der Waals surface area contributed by atoms with Crippen molar-refractivity contribution in [2.24, 2.45) is 5.84 Å². The maximum Gasteiger partial charge on any atom is 0.253 e. The molecule has 0 unspecified atom stereocenters. The molecule has 0 saturated heterocycles. The minimum Gasteiger partial charge on any atom is -0.352 e. The van der Waals surface area contributed by atoms with Crippen LogP contribution in [0.15, 0.2) is 42.5 Å². The number of hydrogen-bond acceptors (Lipinski definition) is 3. The number of anilines is 1. The first-order chi connectivity index (χ1) is 10.1. The van der Waals surface area contributed by atoms with Crippen LogP contribution < -0.4 is 16.6 Å². The molecule has 4 N–H and O–H groups in total. The normalized spacial score (nSPS) is 10.2. The van der Waals surface area contributed by atoms with Gasteiger partial charge < -0.3 is 10.7 Å². The number of carbonyl (C=O) groups excluding carboxylic acids is 1. The van der Waals surface area contributed by atoms with Gasteiger partial charge in [-0.05, 0) is 36.2 Å². The number of amides is 1. The Bertz CT molecular complexity index is 631. The quantitative estimate of drug-likeness (QED) is 0.588. The van der Waals surface area contributed by atoms with Gasteiger partial charge in [-0.3, -0.25) is 10.6 Å². The molecule has 0 aromatic heterocycles. The van der Waals surface area contributed by atoms with E-state index in [0.29, 0.717) is 18.0 Å². The molecule has 0 aliphatic heterocycles. The lowest BCUT2D eigenvalue weighted by atomic mass is 10.1. The number of carbonyl (C=O) groups is 1. The van der Waals surface area contributed by atoms with Gasteiger partial charge in [0.25, 0.3) is 5.91 Å². The maximum absolute atomic E-state index is 13.5. The number of rotatable bonds is 5. The summed E-state index contributed by atoms with van der Waals surface area (Å²) in [6, 6.07) is 11.6. The summed E-state index contributed by atoms with van der Waals surface area (Å²) < 4.78 is 13.5. The summed E-state index contributed by atoms with van der Waals surface area (Å²) in [5.41, 5.74) is 3.42. The zero-order chi connectivity index (χ0) is 15.2. The van der Waals surface area contributed by atoms with Gasteiger partial charge in [0.1, 0.15) is 5.82 Å². The summed E-state index contributed by atoms with van der Waals surface area (Å²) in [7, 11) is 0. The van der Waals surface area contributed by atoms with Crippen LogP contribution in [0.3, 0.4) is 0 Å². The average molecular weight is 308 g/mol. The molecule has 1 amide bonds. The molecule has 0 aliphatic rings. The third-order valence-electron chi connectivity index (χ3n) is 3.02. The van der Waals surface area contributed by atoms with Crippen LogP contribution in [0.2, 0.25) is 5.02 Å². The van der Waals surface area contributed by atoms with E-state index in [2.05, 4.69) is 10.7 Å². The Labute approximate surface area is 127 Å². The predicted molar refractivity (Wildman–Crippen MR) is 81.7 cm³/mol. The first kappa shape index (κ1) is 15.3. The first-order valence-corrected chi connectivity index (χ1v) is 6.77. The lowest BCUT2D eigenvalue weighted by molar-refractivity contribution is 0.0954. The number of hydrogen-bond donors (Lipinski definition) is 3. The second-order valence-corrected chi connectivity index (χ2v) is 4.88. The van der Waals surface area contributed by atoms with Gasteiger partial charge in [0.15, 0.2) is 0 Å². The summed E-state index contributed by atoms with van der Waals surface area (Å²) in [6.07, 6.45) is 0.656. The maximum atomic E-state index is 13.5. The van der Waals surface area contributed by atoms with E-state index < -0.39 is 5.82 Å². The van der Waals surface area contributed by atoms with Crippen molar-refractivity contribution in [2.45, 2.75) is 6.42 Å². The molecule has 6 heteroatoms. The number of halogens is 2. The lowest BCUT2D eigenvalue weighted by Crippen LogP contribution is -2.27. The summed E-state index contributed by atoms with van der Waals surface area (Å²) in [4.78, 5) is 12.0. The van der Waals surface area contributed by atoms with Crippen LogP contribution in [-0.2, 0) is 6.42 Å². The van der Waals surface area contributed by atoms with Crippen LogP contribution in [0.25, 0.3) is 0 Å². The summed E-state index contributed by atoms with van der Waals surface area (Å²) in [5.74, 6) is 4.30. The van der Waals surface area contributed by atoms with E-state index in [-0.39, 0.29) is 17.2 Å². The highest BCUT2D eigenvalue weighted by atomic mass is 35.5. The van der Waals surface area contributed by atoms with Crippen LogP contribution in [0, 0.1) is 5.82 Å². The Hall–Kier alpha value is -2.11. The Kier molecular flexibility index (Phi) is 5.14. The molecule has 0 heterocycles. The summed E-state index contributed by atoms with van der Waals surface area (Å²) >= 11 is 5.80. The van der Waals surface area contributed by atoms with Gasteiger partial charge in [-0.1, -0.05) is 29.8 Å². The van der Waals surface area contributed by atoms with Crippen molar-refractivity contribution in [1.29, 1.82) is 0 Å². The van der Waals surface area contributed by atoms with E-state index in [4.69, 9.17) is 17.4 Å². The summed E-state index contributed by atoms with van der Waals surface area (Å²) in [6.45, 7) is 0.432. The minimum absolute atomic E-state index is 0.0125. The van der Waals surface area contributed by atoms with E-state index in [9.17, 15) is 9.18 Å². The molecule has 2 rings (SSSR count). The van der Waals surface area contributed by atoms with E-state index >= 15 is 0 Å². The van der Waals surface area contributed by atoms with Gasteiger partial charge in [-0.2, -0.15) is 0 Å². The van der Waals surface area contributed by atoms with Gasteiger partial charge in [-0.25, -0.2) is 4.39 Å². The molecule has 0 saturated carbocycles. The highest BCUT2D eigenvalue weighted by Crippen LogP contribution is 2.18. The van der Waals surface area contributed by atoms with Crippen LogP contribution in [0.4, 0.5) is 10.1 Å². The molecule has 0 aliphatic carbocycles. The Morgan fingerprint density at radius 1 is 1.19 bits per heavy atom. The van der Waals surface area contributed by atoms with Crippen LogP contribution in [-0.4, -0.2) is 12.5 Å². The molecule has 0 spiro atoms. The van der Waals surface area contributed by atoms with Gasteiger partial charge in [0.05, 0.1) is 11.3 Å². The zero-order valence-electron chi connectivity index (χ0n) is 11.2. The number of nitrogens with two attached hydrogens (primary N) is 1. The molecule has 0 atom stereocenters. The number of hydrazine groups is 1. The van der Waals surface area contributed by atoms with Gasteiger partial charge in [-0.15, -0.1) is 0 Å². The molecule has 110 valence electrons. The second-order valence-electron chi connectivity index (χ2n) is 4.44. The fourth-order valence-corrected chi connectivity index (χ4v) is 2.05. The number of nitrogens with one attached hydrogen (secondary N) is 2. The van der Waals surface area contributed by atoms with Crippen molar-refractivity contribution in [3.63, 3.8) is 0 Å².